The minimum Gasteiger partial charge on any atom is -0.375 e. The lowest BCUT2D eigenvalue weighted by atomic mass is 9.88. The van der Waals surface area contributed by atoms with Crippen molar-refractivity contribution in [3.05, 3.63) is 11.1 Å². The quantitative estimate of drug-likeness (QED) is 0.922. The first-order chi connectivity index (χ1) is 7.65. The van der Waals surface area contributed by atoms with Crippen LogP contribution in [0.15, 0.2) is 6.20 Å². The summed E-state index contributed by atoms with van der Waals surface area (Å²) < 4.78 is 0. The highest BCUT2D eigenvalue weighted by Gasteiger charge is 2.22. The van der Waals surface area contributed by atoms with E-state index in [0.29, 0.717) is 5.13 Å². The Hall–Kier alpha value is -0.320. The van der Waals surface area contributed by atoms with Crippen molar-refractivity contribution in [3.8, 4) is 0 Å². The second-order valence-corrected chi connectivity index (χ2v) is 6.19. The third-order valence-corrected chi connectivity index (χ3v) is 4.25. The molecule has 0 amide bonds. The molecule has 2 N–H and O–H groups in total. The first-order valence-electron chi connectivity index (χ1n) is 6.07. The molecule has 98 valence electrons. The van der Waals surface area contributed by atoms with Crippen LogP contribution in [0.1, 0.15) is 31.6 Å². The van der Waals surface area contributed by atoms with Crippen LogP contribution >= 0.6 is 23.7 Å². The summed E-state index contributed by atoms with van der Waals surface area (Å²) in [6, 6.07) is 0. The Bertz CT molecular complexity index is 340. The third-order valence-electron chi connectivity index (χ3n) is 3.44. The second kappa shape index (κ2) is 6.57. The SMILES string of the molecule is CC(C)C1CCCN(Cc2cnc(N)s2)C1.Cl. The van der Waals surface area contributed by atoms with E-state index in [1.807, 2.05) is 6.20 Å². The van der Waals surface area contributed by atoms with Crippen molar-refractivity contribution < 1.29 is 0 Å². The van der Waals surface area contributed by atoms with Gasteiger partial charge in [0.2, 0.25) is 0 Å². The lowest BCUT2D eigenvalue weighted by molar-refractivity contribution is 0.140. The van der Waals surface area contributed by atoms with Crippen molar-refractivity contribution in [3.63, 3.8) is 0 Å². The molecule has 0 spiro atoms. The van der Waals surface area contributed by atoms with Crippen LogP contribution in [0.3, 0.4) is 0 Å². The van der Waals surface area contributed by atoms with E-state index in [9.17, 15) is 0 Å². The van der Waals surface area contributed by atoms with Crippen LogP contribution in [0.4, 0.5) is 5.13 Å². The molecular weight excluding hydrogens is 254 g/mol. The van der Waals surface area contributed by atoms with Gasteiger partial charge in [0.05, 0.1) is 0 Å². The molecule has 2 heterocycles. The Balaban J connectivity index is 0.00000144. The zero-order valence-corrected chi connectivity index (χ0v) is 12.2. The summed E-state index contributed by atoms with van der Waals surface area (Å²) >= 11 is 1.62. The van der Waals surface area contributed by atoms with Gasteiger partial charge in [0, 0.05) is 24.2 Å². The molecule has 1 aliphatic heterocycles. The van der Waals surface area contributed by atoms with E-state index in [2.05, 4.69) is 23.7 Å². The summed E-state index contributed by atoms with van der Waals surface area (Å²) in [5.74, 6) is 1.66. The molecule has 2 rings (SSSR count). The predicted octanol–water partition coefficient (Wildman–Crippen LogP) is 3.02. The zero-order chi connectivity index (χ0) is 11.5. The van der Waals surface area contributed by atoms with Crippen LogP contribution in [-0.2, 0) is 6.54 Å². The molecule has 0 radical (unpaired) electrons. The Labute approximate surface area is 114 Å². The summed E-state index contributed by atoms with van der Waals surface area (Å²) in [5, 5.41) is 0.687. The zero-order valence-electron chi connectivity index (χ0n) is 10.6. The summed E-state index contributed by atoms with van der Waals surface area (Å²) in [5.41, 5.74) is 5.65. The van der Waals surface area contributed by atoms with Gasteiger partial charge in [0.15, 0.2) is 5.13 Å². The molecule has 1 saturated heterocycles. The number of hydrogen-bond donors (Lipinski definition) is 1. The number of nitrogen functional groups attached to an aromatic ring is 1. The number of likely N-dealkylation sites (tertiary alicyclic amines) is 1. The molecule has 1 atom stereocenters. The number of anilines is 1. The highest BCUT2D eigenvalue weighted by atomic mass is 35.5. The van der Waals surface area contributed by atoms with Gasteiger partial charge in [0.1, 0.15) is 0 Å². The largest absolute Gasteiger partial charge is 0.375 e. The minimum atomic E-state index is 0. The molecule has 0 saturated carbocycles. The highest BCUT2D eigenvalue weighted by molar-refractivity contribution is 7.15. The Morgan fingerprint density at radius 2 is 2.35 bits per heavy atom. The number of thiazole rings is 1. The van der Waals surface area contributed by atoms with Crippen molar-refractivity contribution in [1.82, 2.24) is 9.88 Å². The van der Waals surface area contributed by atoms with Gasteiger partial charge in [-0.15, -0.1) is 23.7 Å². The van der Waals surface area contributed by atoms with Crippen LogP contribution in [0.2, 0.25) is 0 Å². The Morgan fingerprint density at radius 3 is 2.94 bits per heavy atom. The molecule has 0 aliphatic carbocycles. The molecule has 1 aromatic heterocycles. The van der Waals surface area contributed by atoms with Gasteiger partial charge >= 0.3 is 0 Å². The lowest BCUT2D eigenvalue weighted by Gasteiger charge is -2.34. The van der Waals surface area contributed by atoms with Crippen LogP contribution in [0, 0.1) is 11.8 Å². The maximum Gasteiger partial charge on any atom is 0.180 e. The number of halogens is 1. The smallest absolute Gasteiger partial charge is 0.180 e. The molecule has 5 heteroatoms. The monoisotopic (exact) mass is 275 g/mol. The number of piperidine rings is 1. The van der Waals surface area contributed by atoms with E-state index in [4.69, 9.17) is 5.73 Å². The van der Waals surface area contributed by atoms with Gasteiger partial charge in [-0.25, -0.2) is 4.98 Å². The normalized spacial score (nSPS) is 21.5. The Kier molecular flexibility index (Phi) is 5.70. The molecule has 1 unspecified atom stereocenters. The number of hydrogen-bond acceptors (Lipinski definition) is 4. The molecule has 1 aliphatic rings. The predicted molar refractivity (Wildman–Crippen MR) is 76.6 cm³/mol. The van der Waals surface area contributed by atoms with Crippen LogP contribution in [0.25, 0.3) is 0 Å². The molecular formula is C12H22ClN3S. The summed E-state index contributed by atoms with van der Waals surface area (Å²) in [4.78, 5) is 7.94. The van der Waals surface area contributed by atoms with Crippen LogP contribution < -0.4 is 5.73 Å². The van der Waals surface area contributed by atoms with E-state index in [-0.39, 0.29) is 12.4 Å². The lowest BCUT2D eigenvalue weighted by Crippen LogP contribution is -2.36. The fraction of sp³-hybridized carbons (Fsp3) is 0.750. The van der Waals surface area contributed by atoms with Gasteiger partial charge in [-0.1, -0.05) is 13.8 Å². The van der Waals surface area contributed by atoms with Crippen LogP contribution in [-0.4, -0.2) is 23.0 Å². The topological polar surface area (TPSA) is 42.2 Å². The van der Waals surface area contributed by atoms with Gasteiger partial charge in [-0.05, 0) is 31.2 Å². The molecule has 3 nitrogen and oxygen atoms in total. The first-order valence-corrected chi connectivity index (χ1v) is 6.89. The number of nitrogens with two attached hydrogens (primary N) is 1. The van der Waals surface area contributed by atoms with Gasteiger partial charge in [-0.2, -0.15) is 0 Å². The molecule has 1 aromatic rings. The summed E-state index contributed by atoms with van der Waals surface area (Å²) in [6.07, 6.45) is 4.63. The minimum absolute atomic E-state index is 0. The summed E-state index contributed by atoms with van der Waals surface area (Å²) in [7, 11) is 0. The van der Waals surface area contributed by atoms with E-state index in [0.717, 1.165) is 18.4 Å². The maximum absolute atomic E-state index is 5.65. The highest BCUT2D eigenvalue weighted by Crippen LogP contribution is 2.25. The van der Waals surface area contributed by atoms with E-state index in [1.165, 1.54) is 30.8 Å². The number of rotatable bonds is 3. The van der Waals surface area contributed by atoms with Crippen molar-refractivity contribution in [1.29, 1.82) is 0 Å². The summed E-state index contributed by atoms with van der Waals surface area (Å²) in [6.45, 7) is 8.15. The number of nitrogens with zero attached hydrogens (tertiary/aromatic N) is 2. The van der Waals surface area contributed by atoms with Crippen LogP contribution in [0.5, 0.6) is 0 Å². The van der Waals surface area contributed by atoms with Gasteiger partial charge in [0.25, 0.3) is 0 Å². The molecule has 0 aromatic carbocycles. The van der Waals surface area contributed by atoms with Crippen molar-refractivity contribution >= 4 is 28.9 Å². The fourth-order valence-corrected chi connectivity index (χ4v) is 3.12. The standard InChI is InChI=1S/C12H21N3S.ClH/c1-9(2)10-4-3-5-15(7-10)8-11-6-14-12(13)16-11;/h6,9-10H,3-5,7-8H2,1-2H3,(H2,13,14);1H. The maximum atomic E-state index is 5.65. The number of aromatic nitrogens is 1. The molecule has 1 fully saturated rings. The van der Waals surface area contributed by atoms with Crippen molar-refractivity contribution in [2.24, 2.45) is 11.8 Å². The van der Waals surface area contributed by atoms with Crippen molar-refractivity contribution in [2.75, 3.05) is 18.8 Å². The third kappa shape index (κ3) is 4.12. The Morgan fingerprint density at radius 1 is 1.59 bits per heavy atom. The average Bonchev–Trinajstić information content (AvgIpc) is 2.64. The van der Waals surface area contributed by atoms with Crippen molar-refractivity contribution in [2.45, 2.75) is 33.2 Å². The van der Waals surface area contributed by atoms with Gasteiger partial charge in [-0.3, -0.25) is 4.90 Å². The van der Waals surface area contributed by atoms with E-state index < -0.39 is 0 Å². The second-order valence-electron chi connectivity index (χ2n) is 5.05. The fourth-order valence-electron chi connectivity index (χ4n) is 2.40. The molecule has 0 bridgehead atoms. The average molecular weight is 276 g/mol. The van der Waals surface area contributed by atoms with Gasteiger partial charge < -0.3 is 5.73 Å². The molecule has 17 heavy (non-hydrogen) atoms. The van der Waals surface area contributed by atoms with E-state index >= 15 is 0 Å². The first kappa shape index (κ1) is 14.7. The van der Waals surface area contributed by atoms with E-state index in [1.54, 1.807) is 11.3 Å².